The van der Waals surface area contributed by atoms with Gasteiger partial charge in [-0.2, -0.15) is 11.8 Å². The summed E-state index contributed by atoms with van der Waals surface area (Å²) in [5, 5.41) is 9.61. The summed E-state index contributed by atoms with van der Waals surface area (Å²) < 4.78 is 0. The lowest BCUT2D eigenvalue weighted by Crippen LogP contribution is -2.13. The molecule has 0 radical (unpaired) electrons. The Kier molecular flexibility index (Phi) is 4.29. The summed E-state index contributed by atoms with van der Waals surface area (Å²) in [7, 11) is 0. The van der Waals surface area contributed by atoms with Crippen LogP contribution in [0.1, 0.15) is 11.5 Å². The molecule has 0 spiro atoms. The van der Waals surface area contributed by atoms with Crippen molar-refractivity contribution in [3.63, 3.8) is 0 Å². The molecular formula is C10H11ClO2S. The summed E-state index contributed by atoms with van der Waals surface area (Å²) in [6.45, 7) is 0. The third-order valence-electron chi connectivity index (χ3n) is 1.90. The molecule has 0 aliphatic rings. The SMILES string of the molecule is CSCC(C(=O)O)c1ccc(Cl)cc1. The summed E-state index contributed by atoms with van der Waals surface area (Å²) >= 11 is 7.24. The van der Waals surface area contributed by atoms with Crippen molar-refractivity contribution in [1.29, 1.82) is 0 Å². The number of aliphatic carboxylic acids is 1. The second-order valence-corrected chi connectivity index (χ2v) is 4.24. The zero-order chi connectivity index (χ0) is 10.6. The van der Waals surface area contributed by atoms with Gasteiger partial charge in [0.15, 0.2) is 0 Å². The van der Waals surface area contributed by atoms with Crippen molar-refractivity contribution in [3.05, 3.63) is 34.9 Å². The highest BCUT2D eigenvalue weighted by molar-refractivity contribution is 7.98. The number of halogens is 1. The molecule has 0 aromatic heterocycles. The lowest BCUT2D eigenvalue weighted by molar-refractivity contribution is -0.138. The quantitative estimate of drug-likeness (QED) is 0.864. The molecule has 1 atom stereocenters. The number of carboxylic acids is 1. The van der Waals surface area contributed by atoms with Gasteiger partial charge in [0.2, 0.25) is 0 Å². The first-order valence-electron chi connectivity index (χ1n) is 4.12. The van der Waals surface area contributed by atoms with E-state index in [1.807, 2.05) is 6.26 Å². The predicted octanol–water partition coefficient (Wildman–Crippen LogP) is 2.87. The molecule has 1 unspecified atom stereocenters. The Bertz CT molecular complexity index is 310. The van der Waals surface area contributed by atoms with E-state index in [1.165, 1.54) is 11.8 Å². The van der Waals surface area contributed by atoms with Crippen LogP contribution in [0.25, 0.3) is 0 Å². The standard InChI is InChI=1S/C10H11ClO2S/c1-14-6-9(10(12)13)7-2-4-8(11)5-3-7/h2-5,9H,6H2,1H3,(H,12,13). The van der Waals surface area contributed by atoms with Gasteiger partial charge in [0, 0.05) is 10.8 Å². The Labute approximate surface area is 92.3 Å². The number of benzene rings is 1. The van der Waals surface area contributed by atoms with Crippen LogP contribution in [0.3, 0.4) is 0 Å². The maximum absolute atomic E-state index is 10.9. The minimum absolute atomic E-state index is 0.442. The van der Waals surface area contributed by atoms with Crippen LogP contribution in [-0.4, -0.2) is 23.1 Å². The van der Waals surface area contributed by atoms with Gasteiger partial charge in [-0.25, -0.2) is 0 Å². The first-order valence-corrected chi connectivity index (χ1v) is 5.89. The van der Waals surface area contributed by atoms with Gasteiger partial charge in [-0.15, -0.1) is 0 Å². The minimum atomic E-state index is -0.790. The van der Waals surface area contributed by atoms with E-state index in [0.29, 0.717) is 10.8 Å². The van der Waals surface area contributed by atoms with Gasteiger partial charge in [0.25, 0.3) is 0 Å². The zero-order valence-corrected chi connectivity index (χ0v) is 9.31. The van der Waals surface area contributed by atoms with Crippen molar-refractivity contribution < 1.29 is 9.90 Å². The summed E-state index contributed by atoms with van der Waals surface area (Å²) in [4.78, 5) is 10.9. The molecule has 0 fully saturated rings. The Morgan fingerprint density at radius 1 is 1.50 bits per heavy atom. The van der Waals surface area contributed by atoms with Crippen molar-refractivity contribution in [2.45, 2.75) is 5.92 Å². The van der Waals surface area contributed by atoms with Crippen LogP contribution in [0.5, 0.6) is 0 Å². The summed E-state index contributed by atoms with van der Waals surface area (Å²) in [6, 6.07) is 6.95. The second kappa shape index (κ2) is 5.27. The molecule has 1 aromatic carbocycles. The van der Waals surface area contributed by atoms with Crippen molar-refractivity contribution >= 4 is 29.3 Å². The topological polar surface area (TPSA) is 37.3 Å². The second-order valence-electron chi connectivity index (χ2n) is 2.90. The Balaban J connectivity index is 2.87. The Morgan fingerprint density at radius 3 is 2.50 bits per heavy atom. The van der Waals surface area contributed by atoms with Gasteiger partial charge in [0.05, 0.1) is 5.92 Å². The third-order valence-corrected chi connectivity index (χ3v) is 2.82. The maximum Gasteiger partial charge on any atom is 0.311 e. The van der Waals surface area contributed by atoms with Crippen LogP contribution < -0.4 is 0 Å². The lowest BCUT2D eigenvalue weighted by Gasteiger charge is -2.10. The molecule has 0 heterocycles. The van der Waals surface area contributed by atoms with Gasteiger partial charge in [-0.3, -0.25) is 4.79 Å². The van der Waals surface area contributed by atoms with Crippen LogP contribution >= 0.6 is 23.4 Å². The summed E-state index contributed by atoms with van der Waals surface area (Å²) in [5.74, 6) is -0.652. The summed E-state index contributed by atoms with van der Waals surface area (Å²) in [5.41, 5.74) is 0.802. The normalized spacial score (nSPS) is 12.4. The van der Waals surface area contributed by atoms with Crippen LogP contribution in [0, 0.1) is 0 Å². The average molecular weight is 231 g/mol. The van der Waals surface area contributed by atoms with E-state index in [4.69, 9.17) is 16.7 Å². The van der Waals surface area contributed by atoms with Gasteiger partial charge in [-0.05, 0) is 24.0 Å². The van der Waals surface area contributed by atoms with Crippen molar-refractivity contribution in [2.75, 3.05) is 12.0 Å². The van der Waals surface area contributed by atoms with Gasteiger partial charge < -0.3 is 5.11 Å². The molecule has 0 aliphatic carbocycles. The monoisotopic (exact) mass is 230 g/mol. The minimum Gasteiger partial charge on any atom is -0.481 e. The number of hydrogen-bond acceptors (Lipinski definition) is 2. The number of thioether (sulfide) groups is 1. The van der Waals surface area contributed by atoms with Crippen LogP contribution in [0.15, 0.2) is 24.3 Å². The molecular weight excluding hydrogens is 220 g/mol. The molecule has 1 N–H and O–H groups in total. The Hall–Kier alpha value is -0.670. The smallest absolute Gasteiger partial charge is 0.311 e. The molecule has 1 rings (SSSR count). The van der Waals surface area contributed by atoms with E-state index in [0.717, 1.165) is 5.56 Å². The van der Waals surface area contributed by atoms with E-state index in [9.17, 15) is 4.79 Å². The highest BCUT2D eigenvalue weighted by Gasteiger charge is 2.18. The Morgan fingerprint density at radius 2 is 2.07 bits per heavy atom. The van der Waals surface area contributed by atoms with E-state index >= 15 is 0 Å². The molecule has 0 bridgehead atoms. The van der Waals surface area contributed by atoms with Crippen molar-refractivity contribution in [3.8, 4) is 0 Å². The first-order chi connectivity index (χ1) is 6.65. The third kappa shape index (κ3) is 2.93. The van der Waals surface area contributed by atoms with Crippen molar-refractivity contribution in [1.82, 2.24) is 0 Å². The van der Waals surface area contributed by atoms with E-state index in [1.54, 1.807) is 24.3 Å². The molecule has 0 aliphatic heterocycles. The average Bonchev–Trinajstić information content (AvgIpc) is 2.15. The molecule has 0 saturated heterocycles. The number of hydrogen-bond donors (Lipinski definition) is 1. The zero-order valence-electron chi connectivity index (χ0n) is 7.74. The van der Waals surface area contributed by atoms with E-state index in [2.05, 4.69) is 0 Å². The summed E-state index contributed by atoms with van der Waals surface area (Å²) in [6.07, 6.45) is 1.89. The van der Waals surface area contributed by atoms with E-state index < -0.39 is 11.9 Å². The fraction of sp³-hybridized carbons (Fsp3) is 0.300. The molecule has 14 heavy (non-hydrogen) atoms. The number of carbonyl (C=O) groups is 1. The van der Waals surface area contributed by atoms with Gasteiger partial charge in [0.1, 0.15) is 0 Å². The van der Waals surface area contributed by atoms with Crippen LogP contribution in [-0.2, 0) is 4.79 Å². The molecule has 4 heteroatoms. The number of rotatable bonds is 4. The molecule has 0 saturated carbocycles. The maximum atomic E-state index is 10.9. The van der Waals surface area contributed by atoms with Crippen LogP contribution in [0.2, 0.25) is 5.02 Å². The molecule has 0 amide bonds. The molecule has 76 valence electrons. The molecule has 2 nitrogen and oxygen atoms in total. The van der Waals surface area contributed by atoms with E-state index in [-0.39, 0.29) is 0 Å². The van der Waals surface area contributed by atoms with Crippen molar-refractivity contribution in [2.24, 2.45) is 0 Å². The largest absolute Gasteiger partial charge is 0.481 e. The van der Waals surface area contributed by atoms with Crippen LogP contribution in [0.4, 0.5) is 0 Å². The molecule has 1 aromatic rings. The predicted molar refractivity (Wildman–Crippen MR) is 60.2 cm³/mol. The van der Waals surface area contributed by atoms with Gasteiger partial charge in [-0.1, -0.05) is 23.7 Å². The fourth-order valence-corrected chi connectivity index (χ4v) is 1.97. The highest BCUT2D eigenvalue weighted by Crippen LogP contribution is 2.21. The lowest BCUT2D eigenvalue weighted by atomic mass is 10.0. The number of carboxylic acid groups (broad SMARTS) is 1. The fourth-order valence-electron chi connectivity index (χ4n) is 1.17. The van der Waals surface area contributed by atoms with Gasteiger partial charge >= 0.3 is 5.97 Å². The first kappa shape index (κ1) is 11.4. The highest BCUT2D eigenvalue weighted by atomic mass is 35.5.